The summed E-state index contributed by atoms with van der Waals surface area (Å²) in [5.74, 6) is 0.499. The SMILES string of the molecule is Cc1ccc(C2=CS/C(=C(/C#N)c3ccnc(NCCc4cccnc4)n3)N2)cc1. The quantitative estimate of drug-likeness (QED) is 0.582. The molecule has 30 heavy (non-hydrogen) atoms. The zero-order chi connectivity index (χ0) is 20.8. The predicted molar refractivity (Wildman–Crippen MR) is 121 cm³/mol. The van der Waals surface area contributed by atoms with Crippen LogP contribution in [0.25, 0.3) is 11.3 Å². The number of hydrogen-bond donors (Lipinski definition) is 2. The summed E-state index contributed by atoms with van der Waals surface area (Å²) in [7, 11) is 0. The molecule has 1 aliphatic heterocycles. The summed E-state index contributed by atoms with van der Waals surface area (Å²) in [6, 6.07) is 16.3. The van der Waals surface area contributed by atoms with Gasteiger partial charge in [-0.1, -0.05) is 47.7 Å². The molecule has 0 amide bonds. The molecule has 7 heteroatoms. The summed E-state index contributed by atoms with van der Waals surface area (Å²) in [4.78, 5) is 12.9. The van der Waals surface area contributed by atoms with Crippen molar-refractivity contribution in [2.45, 2.75) is 13.3 Å². The van der Waals surface area contributed by atoms with E-state index < -0.39 is 0 Å². The first kappa shape index (κ1) is 19.7. The Morgan fingerprint density at radius 2 is 2.03 bits per heavy atom. The molecule has 3 aromatic rings. The number of nitrogens with zero attached hydrogens (tertiary/aromatic N) is 4. The van der Waals surface area contributed by atoms with Crippen LogP contribution in [0.4, 0.5) is 5.95 Å². The minimum absolute atomic E-state index is 0.496. The Bertz CT molecular complexity index is 1130. The van der Waals surface area contributed by atoms with Crippen molar-refractivity contribution in [1.82, 2.24) is 20.3 Å². The van der Waals surface area contributed by atoms with Crippen LogP contribution in [0, 0.1) is 18.3 Å². The summed E-state index contributed by atoms with van der Waals surface area (Å²) in [6.07, 6.45) is 6.09. The smallest absolute Gasteiger partial charge is 0.223 e. The Labute approximate surface area is 179 Å². The predicted octanol–water partition coefficient (Wildman–Crippen LogP) is 4.36. The van der Waals surface area contributed by atoms with Crippen LogP contribution in [0.3, 0.4) is 0 Å². The molecular weight excluding hydrogens is 392 g/mol. The molecule has 4 rings (SSSR count). The highest BCUT2D eigenvalue weighted by Gasteiger charge is 2.18. The Balaban J connectivity index is 1.46. The van der Waals surface area contributed by atoms with Crippen LogP contribution in [0.1, 0.15) is 22.4 Å². The fourth-order valence-electron chi connectivity index (χ4n) is 2.97. The Kier molecular flexibility index (Phi) is 6.06. The topological polar surface area (TPSA) is 86.5 Å². The number of hydrogen-bond acceptors (Lipinski definition) is 7. The molecule has 0 unspecified atom stereocenters. The molecule has 0 saturated carbocycles. The van der Waals surface area contributed by atoms with Crippen molar-refractivity contribution < 1.29 is 0 Å². The second kappa shape index (κ2) is 9.25. The van der Waals surface area contributed by atoms with E-state index in [1.54, 1.807) is 18.5 Å². The van der Waals surface area contributed by atoms with Gasteiger partial charge in [0.1, 0.15) is 11.6 Å². The van der Waals surface area contributed by atoms with Crippen LogP contribution in [0.5, 0.6) is 0 Å². The lowest BCUT2D eigenvalue weighted by atomic mass is 10.1. The zero-order valence-corrected chi connectivity index (χ0v) is 17.3. The maximum atomic E-state index is 9.78. The Morgan fingerprint density at radius 3 is 2.80 bits per heavy atom. The highest BCUT2D eigenvalue weighted by molar-refractivity contribution is 8.06. The van der Waals surface area contributed by atoms with Crippen molar-refractivity contribution in [1.29, 1.82) is 5.26 Å². The molecule has 2 aromatic heterocycles. The van der Waals surface area contributed by atoms with Gasteiger partial charge in [-0.15, -0.1) is 0 Å². The number of nitriles is 1. The van der Waals surface area contributed by atoms with Gasteiger partial charge in [0, 0.05) is 30.5 Å². The molecule has 1 aliphatic rings. The van der Waals surface area contributed by atoms with Crippen molar-refractivity contribution in [3.05, 3.63) is 93.9 Å². The van der Waals surface area contributed by atoms with Crippen LogP contribution >= 0.6 is 11.8 Å². The van der Waals surface area contributed by atoms with E-state index in [1.807, 2.05) is 23.7 Å². The molecule has 1 aromatic carbocycles. The second-order valence-corrected chi connectivity index (χ2v) is 7.64. The Morgan fingerprint density at radius 1 is 1.17 bits per heavy atom. The highest BCUT2D eigenvalue weighted by atomic mass is 32.2. The number of benzene rings is 1. The summed E-state index contributed by atoms with van der Waals surface area (Å²) >= 11 is 1.49. The molecule has 3 heterocycles. The van der Waals surface area contributed by atoms with Gasteiger partial charge in [-0.25, -0.2) is 9.97 Å². The van der Waals surface area contributed by atoms with Crippen LogP contribution in [-0.2, 0) is 6.42 Å². The number of aryl methyl sites for hydroxylation is 1. The van der Waals surface area contributed by atoms with Gasteiger partial charge in [0.2, 0.25) is 5.95 Å². The van der Waals surface area contributed by atoms with E-state index in [-0.39, 0.29) is 0 Å². The lowest BCUT2D eigenvalue weighted by Crippen LogP contribution is -2.10. The standard InChI is InChI=1S/C23H20N6S/c1-16-4-6-18(7-5-16)21-15-30-22(28-21)19(13-24)20-9-12-27-23(29-20)26-11-8-17-3-2-10-25-14-17/h2-7,9-10,12,14-15,28H,8,11H2,1H3,(H,26,27,29)/b22-19-. The molecule has 148 valence electrons. The van der Waals surface area contributed by atoms with Gasteiger partial charge in [0.25, 0.3) is 0 Å². The molecule has 2 N–H and O–H groups in total. The van der Waals surface area contributed by atoms with Crippen LogP contribution in [0.2, 0.25) is 0 Å². The third kappa shape index (κ3) is 4.67. The lowest BCUT2D eigenvalue weighted by molar-refractivity contribution is 0.971. The number of aromatic nitrogens is 3. The monoisotopic (exact) mass is 412 g/mol. The maximum Gasteiger partial charge on any atom is 0.223 e. The number of rotatable bonds is 6. The van der Waals surface area contributed by atoms with Gasteiger partial charge in [0.15, 0.2) is 0 Å². The van der Waals surface area contributed by atoms with Crippen LogP contribution in [-0.4, -0.2) is 21.5 Å². The molecule has 0 spiro atoms. The summed E-state index contributed by atoms with van der Waals surface area (Å²) < 4.78 is 0. The number of allylic oxidation sites excluding steroid dienone is 1. The third-order valence-corrected chi connectivity index (χ3v) is 5.47. The molecule has 0 radical (unpaired) electrons. The fourth-order valence-corrected chi connectivity index (χ4v) is 3.83. The molecule has 0 fully saturated rings. The third-order valence-electron chi connectivity index (χ3n) is 4.58. The maximum absolute atomic E-state index is 9.78. The molecular formula is C23H20N6S. The van der Waals surface area contributed by atoms with Crippen LogP contribution in [0.15, 0.2) is 71.5 Å². The normalized spacial score (nSPS) is 14.5. The van der Waals surface area contributed by atoms with Gasteiger partial charge < -0.3 is 10.6 Å². The van der Waals surface area contributed by atoms with E-state index in [4.69, 9.17) is 0 Å². The van der Waals surface area contributed by atoms with Gasteiger partial charge >= 0.3 is 0 Å². The fraction of sp³-hybridized carbons (Fsp3) is 0.130. The minimum Gasteiger partial charge on any atom is -0.354 e. The van der Waals surface area contributed by atoms with Crippen molar-refractivity contribution in [3.8, 4) is 6.07 Å². The summed E-state index contributed by atoms with van der Waals surface area (Å²) in [5, 5.41) is 19.1. The lowest BCUT2D eigenvalue weighted by Gasteiger charge is -2.09. The zero-order valence-electron chi connectivity index (χ0n) is 16.5. The van der Waals surface area contributed by atoms with Crippen molar-refractivity contribution in [3.63, 3.8) is 0 Å². The Hall–Kier alpha value is -3.63. The van der Waals surface area contributed by atoms with Gasteiger partial charge in [-0.2, -0.15) is 5.26 Å². The van der Waals surface area contributed by atoms with Gasteiger partial charge in [0.05, 0.1) is 16.4 Å². The van der Waals surface area contributed by atoms with E-state index >= 15 is 0 Å². The van der Waals surface area contributed by atoms with Gasteiger partial charge in [-0.05, 0) is 36.6 Å². The molecule has 0 bridgehead atoms. The van der Waals surface area contributed by atoms with E-state index in [1.165, 1.54) is 17.3 Å². The van der Waals surface area contributed by atoms with Gasteiger partial charge in [-0.3, -0.25) is 4.98 Å². The molecule has 0 aliphatic carbocycles. The number of anilines is 1. The van der Waals surface area contributed by atoms with Crippen molar-refractivity contribution in [2.75, 3.05) is 11.9 Å². The second-order valence-electron chi connectivity index (χ2n) is 6.76. The first-order valence-corrected chi connectivity index (χ1v) is 10.4. The largest absolute Gasteiger partial charge is 0.354 e. The average molecular weight is 413 g/mol. The number of nitrogens with one attached hydrogen (secondary N) is 2. The number of thioether (sulfide) groups is 1. The van der Waals surface area contributed by atoms with Crippen LogP contribution < -0.4 is 10.6 Å². The number of pyridine rings is 1. The van der Waals surface area contributed by atoms with E-state index in [9.17, 15) is 5.26 Å². The summed E-state index contributed by atoms with van der Waals surface area (Å²) in [5.41, 5.74) is 5.50. The highest BCUT2D eigenvalue weighted by Crippen LogP contribution is 2.34. The minimum atomic E-state index is 0.496. The molecule has 0 saturated heterocycles. The first-order chi connectivity index (χ1) is 14.7. The summed E-state index contributed by atoms with van der Waals surface area (Å²) in [6.45, 7) is 2.74. The van der Waals surface area contributed by atoms with Crippen molar-refractivity contribution >= 4 is 29.0 Å². The van der Waals surface area contributed by atoms with Crippen molar-refractivity contribution in [2.24, 2.45) is 0 Å². The van der Waals surface area contributed by atoms with E-state index in [0.717, 1.165) is 28.3 Å². The molecule has 0 atom stereocenters. The first-order valence-electron chi connectivity index (χ1n) is 9.54. The van der Waals surface area contributed by atoms with E-state index in [2.05, 4.69) is 62.8 Å². The average Bonchev–Trinajstić information content (AvgIpc) is 3.26. The molecule has 6 nitrogen and oxygen atoms in total. The van der Waals surface area contributed by atoms with E-state index in [0.29, 0.717) is 23.8 Å².